The van der Waals surface area contributed by atoms with Crippen molar-refractivity contribution < 1.29 is 44.9 Å². The van der Waals surface area contributed by atoms with Gasteiger partial charge in [-0.25, -0.2) is 9.59 Å². The molecule has 0 fully saturated rings. The minimum Gasteiger partial charge on any atom is -0.506 e. The number of hydrogen-bond acceptors (Lipinski definition) is 7. The number of carboxylic acids is 1. The smallest absolute Gasteiger partial charge is 0.338 e. The molecule has 2 aromatic rings. The normalized spacial score (nSPS) is 10.6. The molecule has 35 heavy (non-hydrogen) atoms. The molecule has 3 N–H and O–H groups in total. The van der Waals surface area contributed by atoms with Crippen LogP contribution in [0.5, 0.6) is 23.0 Å². The van der Waals surface area contributed by atoms with Crippen LogP contribution in [0.4, 0.5) is 4.39 Å². The first-order valence-corrected chi connectivity index (χ1v) is 11.1. The lowest BCUT2D eigenvalue weighted by Crippen LogP contribution is -2.14. The van der Waals surface area contributed by atoms with Crippen LogP contribution >= 0.6 is 23.2 Å². The molecule has 0 unspecified atom stereocenters. The Morgan fingerprint density at radius 2 is 1.23 bits per heavy atom. The van der Waals surface area contributed by atoms with Gasteiger partial charge in [0, 0.05) is 0 Å². The van der Waals surface area contributed by atoms with Crippen molar-refractivity contribution in [3.63, 3.8) is 0 Å². The van der Waals surface area contributed by atoms with Gasteiger partial charge >= 0.3 is 11.9 Å². The highest BCUT2D eigenvalue weighted by Gasteiger charge is 2.19. The van der Waals surface area contributed by atoms with Crippen LogP contribution in [0.15, 0.2) is 24.3 Å². The van der Waals surface area contributed by atoms with E-state index in [4.69, 9.17) is 54.1 Å². The highest BCUT2D eigenvalue weighted by molar-refractivity contribution is 6.34. The molecule has 0 bridgehead atoms. The summed E-state index contributed by atoms with van der Waals surface area (Å²) in [5.41, 5.74) is 0.147. The number of aromatic hydroxyl groups is 2. The minimum absolute atomic E-state index is 0.0641. The fourth-order valence-electron chi connectivity index (χ4n) is 2.37. The van der Waals surface area contributed by atoms with E-state index in [0.29, 0.717) is 22.1 Å². The molecule has 0 saturated carbocycles. The first-order valence-electron chi connectivity index (χ1n) is 11.0. The van der Waals surface area contributed by atoms with Crippen molar-refractivity contribution in [3.8, 4) is 23.0 Å². The number of alkyl halides is 1. The number of phenols is 2. The summed E-state index contributed by atoms with van der Waals surface area (Å²) in [6.07, 6.45) is -0.325. The Morgan fingerprint density at radius 1 is 0.829 bits per heavy atom. The van der Waals surface area contributed by atoms with E-state index in [9.17, 15) is 14.0 Å². The molecule has 0 amide bonds. The first-order chi connectivity index (χ1) is 16.6. The minimum atomic E-state index is -1.24. The van der Waals surface area contributed by atoms with Crippen LogP contribution in [-0.2, 0) is 4.74 Å². The van der Waals surface area contributed by atoms with Crippen molar-refractivity contribution >= 4 is 35.1 Å². The van der Waals surface area contributed by atoms with E-state index in [1.165, 1.54) is 0 Å². The van der Waals surface area contributed by atoms with Gasteiger partial charge in [0.15, 0.2) is 0 Å². The zero-order valence-electron chi connectivity index (χ0n) is 21.3. The summed E-state index contributed by atoms with van der Waals surface area (Å²) in [4.78, 5) is 22.4. The van der Waals surface area contributed by atoms with E-state index in [-0.39, 0.29) is 28.9 Å². The molecule has 2 aromatic carbocycles. The van der Waals surface area contributed by atoms with E-state index in [0.717, 1.165) is 12.1 Å². The van der Waals surface area contributed by atoms with Gasteiger partial charge in [0.1, 0.15) is 33.0 Å². The van der Waals surface area contributed by atoms with Crippen LogP contribution in [0.1, 0.15) is 63.6 Å². The van der Waals surface area contributed by atoms with Crippen LogP contribution < -0.4 is 9.47 Å². The number of hydrogen-bond donors (Lipinski definition) is 3. The number of carboxylic acid groups (broad SMARTS) is 1. The molecule has 0 atom stereocenters. The summed E-state index contributed by atoms with van der Waals surface area (Å²) in [6.45, 7) is 11.1. The molecule has 196 valence electrons. The lowest BCUT2D eigenvalue weighted by molar-refractivity contribution is 0.0376. The molecule has 11 heteroatoms. The number of rotatable bonds is 7. The number of ether oxygens (including phenoxy) is 3. The van der Waals surface area contributed by atoms with Gasteiger partial charge < -0.3 is 29.5 Å². The number of esters is 1. The highest BCUT2D eigenvalue weighted by Crippen LogP contribution is 2.37. The second-order valence-corrected chi connectivity index (χ2v) is 8.46. The van der Waals surface area contributed by atoms with E-state index in [1.54, 1.807) is 26.0 Å². The third-order valence-electron chi connectivity index (χ3n) is 3.59. The van der Waals surface area contributed by atoms with Crippen LogP contribution in [0.2, 0.25) is 10.0 Å². The monoisotopic (exact) mass is 537 g/mol. The Kier molecular flexibility index (Phi) is 13.0. The van der Waals surface area contributed by atoms with Gasteiger partial charge in [-0.3, -0.25) is 4.39 Å². The molecular formula is C24H31Cl2FO8. The molecule has 0 aliphatic rings. The predicted octanol–water partition coefficient (Wildman–Crippen LogP) is 6.51. The first kappa shape index (κ1) is 30.1. The second kappa shape index (κ2) is 15.2. The SMILES string of the molecule is CC(C)OC(=O)c1cc(OC(C)C)c(Cl)c(OC(C)C)c1.O=C(O)c1cc(O)c(Cl)c(O)c1.[2H]CF. The topological polar surface area (TPSA) is 123 Å². The van der Waals surface area contributed by atoms with Gasteiger partial charge in [0.05, 0.1) is 38.0 Å². The molecule has 0 aliphatic carbocycles. The van der Waals surface area contributed by atoms with Crippen molar-refractivity contribution in [2.45, 2.75) is 59.9 Å². The van der Waals surface area contributed by atoms with Crippen molar-refractivity contribution in [1.82, 2.24) is 0 Å². The molecule has 8 nitrogen and oxygen atoms in total. The molecular weight excluding hydrogens is 506 g/mol. The standard InChI is InChI=1S/C16H23ClO4.C7H5ClO4.CH3F/c1-9(2)19-13-7-12(16(18)21-11(5)6)8-14(15(13)17)20-10(3)4;8-6-4(9)1-3(7(11)12)2-5(6)10;1-2/h7-11H,1-6H3;1-2,9-10H,(H,11,12);1H3/i;;1D. The quantitative estimate of drug-likeness (QED) is 0.341. The van der Waals surface area contributed by atoms with Crippen LogP contribution in [-0.4, -0.2) is 52.7 Å². The van der Waals surface area contributed by atoms with Crippen molar-refractivity contribution in [1.29, 1.82) is 0 Å². The summed E-state index contributed by atoms with van der Waals surface area (Å²) in [6, 6.07) is 5.09. The molecule has 0 saturated heterocycles. The predicted molar refractivity (Wildman–Crippen MR) is 132 cm³/mol. The second-order valence-electron chi connectivity index (χ2n) is 7.71. The Morgan fingerprint density at radius 3 is 1.54 bits per heavy atom. The maximum Gasteiger partial charge on any atom is 0.338 e. The Balaban J connectivity index is 0.000000686. The molecule has 0 heterocycles. The van der Waals surface area contributed by atoms with Crippen LogP contribution in [0, 0.1) is 0 Å². The van der Waals surface area contributed by atoms with E-state index in [1.807, 2.05) is 27.7 Å². The van der Waals surface area contributed by atoms with Gasteiger partial charge in [-0.05, 0) is 65.8 Å². The largest absolute Gasteiger partial charge is 0.506 e. The van der Waals surface area contributed by atoms with Gasteiger partial charge in [-0.15, -0.1) is 0 Å². The van der Waals surface area contributed by atoms with Crippen LogP contribution in [0.3, 0.4) is 0 Å². The summed E-state index contributed by atoms with van der Waals surface area (Å²) in [5, 5.41) is 26.5. The lowest BCUT2D eigenvalue weighted by Gasteiger charge is -2.18. The van der Waals surface area contributed by atoms with E-state index >= 15 is 0 Å². The molecule has 0 radical (unpaired) electrons. The third kappa shape index (κ3) is 10.9. The number of benzene rings is 2. The number of aromatic carboxylic acids is 1. The number of carbonyl (C=O) groups is 2. The highest BCUT2D eigenvalue weighted by atomic mass is 35.5. The number of halogens is 3. The number of phenolic OH excluding ortho intramolecular Hbond substituents is 2. The molecule has 0 spiro atoms. The molecule has 2 rings (SSSR count). The maximum absolute atomic E-state index is 12.1. The molecule has 0 aromatic heterocycles. The zero-order valence-corrected chi connectivity index (χ0v) is 21.8. The average Bonchev–Trinajstić information content (AvgIpc) is 2.74. The van der Waals surface area contributed by atoms with Gasteiger partial charge in [-0.1, -0.05) is 23.2 Å². The summed E-state index contributed by atoms with van der Waals surface area (Å²) < 4.78 is 32.0. The van der Waals surface area contributed by atoms with Gasteiger partial charge in [0.2, 0.25) is 0 Å². The Bertz CT molecular complexity index is 962. The van der Waals surface area contributed by atoms with E-state index in [2.05, 4.69) is 0 Å². The van der Waals surface area contributed by atoms with Crippen molar-refractivity contribution in [2.24, 2.45) is 0 Å². The maximum atomic E-state index is 12.1. The van der Waals surface area contributed by atoms with Gasteiger partial charge in [0.25, 0.3) is 0 Å². The van der Waals surface area contributed by atoms with Gasteiger partial charge in [-0.2, -0.15) is 0 Å². The lowest BCUT2D eigenvalue weighted by atomic mass is 10.2. The molecule has 0 aliphatic heterocycles. The van der Waals surface area contributed by atoms with Crippen molar-refractivity contribution in [3.05, 3.63) is 45.4 Å². The summed E-state index contributed by atoms with van der Waals surface area (Å²) in [5.74, 6) is -1.73. The Labute approximate surface area is 215 Å². The van der Waals surface area contributed by atoms with Crippen molar-refractivity contribution in [2.75, 3.05) is 7.15 Å². The zero-order chi connectivity index (χ0) is 28.2. The Hall–Kier alpha value is -2.91. The fourth-order valence-corrected chi connectivity index (χ4v) is 2.68. The van der Waals surface area contributed by atoms with Crippen LogP contribution in [0.25, 0.3) is 0 Å². The van der Waals surface area contributed by atoms with E-state index < -0.39 is 30.6 Å². The summed E-state index contributed by atoms with van der Waals surface area (Å²) >= 11 is 11.6. The fraction of sp³-hybridized carbons (Fsp3) is 0.417. The summed E-state index contributed by atoms with van der Waals surface area (Å²) in [7, 11) is -1.00. The number of carbonyl (C=O) groups excluding carboxylic acids is 1. The average molecular weight is 538 g/mol. The third-order valence-corrected chi connectivity index (χ3v) is 4.35.